The van der Waals surface area contributed by atoms with Gasteiger partial charge in [-0.1, -0.05) is 15.9 Å². The third kappa shape index (κ3) is 5.35. The number of esters is 1. The van der Waals surface area contributed by atoms with E-state index in [4.69, 9.17) is 4.74 Å². The number of sulfonamides is 1. The van der Waals surface area contributed by atoms with Crippen molar-refractivity contribution in [2.45, 2.75) is 32.1 Å². The van der Waals surface area contributed by atoms with Gasteiger partial charge >= 0.3 is 5.97 Å². The van der Waals surface area contributed by atoms with Gasteiger partial charge in [0.15, 0.2) is 0 Å². The number of halogens is 1. The lowest BCUT2D eigenvalue weighted by Crippen LogP contribution is -2.33. The molecule has 0 unspecified atom stereocenters. The van der Waals surface area contributed by atoms with Crippen LogP contribution in [0.15, 0.2) is 40.9 Å². The number of nitrogens with one attached hydrogen (secondary N) is 1. The number of amides is 1. The number of fused-ring (bicyclic) bond motifs is 1. The molecule has 2 aromatic carbocycles. The summed E-state index contributed by atoms with van der Waals surface area (Å²) in [5.74, 6) is -0.585. The quantitative estimate of drug-likeness (QED) is 0.397. The van der Waals surface area contributed by atoms with Gasteiger partial charge in [0.25, 0.3) is 5.91 Å². The Morgan fingerprint density at radius 1 is 1.23 bits per heavy atom. The van der Waals surface area contributed by atoms with E-state index in [0.717, 1.165) is 29.1 Å². The highest BCUT2D eigenvalue weighted by Crippen LogP contribution is 2.46. The Morgan fingerprint density at radius 3 is 2.49 bits per heavy atom. The molecule has 1 saturated carbocycles. The van der Waals surface area contributed by atoms with Gasteiger partial charge in [0, 0.05) is 23.5 Å². The van der Waals surface area contributed by atoms with E-state index in [2.05, 4.69) is 26.3 Å². The minimum Gasteiger partial charge on any atom is -0.466 e. The second kappa shape index (κ2) is 9.98. The largest absolute Gasteiger partial charge is 0.466 e. The molecular formula is C24H27BrN4O5S. The number of anilines is 1. The second-order valence-corrected chi connectivity index (χ2v) is 11.2. The second-order valence-electron chi connectivity index (χ2n) is 8.41. The zero-order valence-electron chi connectivity index (χ0n) is 19.7. The van der Waals surface area contributed by atoms with E-state index in [0.29, 0.717) is 28.0 Å². The summed E-state index contributed by atoms with van der Waals surface area (Å²) in [5.41, 5.74) is 2.86. The Balaban J connectivity index is 1.90. The van der Waals surface area contributed by atoms with Gasteiger partial charge in [0.05, 0.1) is 36.2 Å². The van der Waals surface area contributed by atoms with Crippen molar-refractivity contribution in [1.82, 2.24) is 15.1 Å². The molecule has 1 aliphatic rings. The third-order valence-electron chi connectivity index (χ3n) is 5.84. The summed E-state index contributed by atoms with van der Waals surface area (Å²) in [6.45, 7) is 1.89. The van der Waals surface area contributed by atoms with Gasteiger partial charge in [-0.2, -0.15) is 5.10 Å². The topological polar surface area (TPSA) is 111 Å². The van der Waals surface area contributed by atoms with E-state index in [1.165, 1.54) is 4.31 Å². The predicted octanol–water partition coefficient (Wildman–Crippen LogP) is 3.74. The van der Waals surface area contributed by atoms with Gasteiger partial charge in [-0.3, -0.25) is 13.9 Å². The standard InChI is InChI=1S/C24H27BrN4O5S/c1-4-34-22(30)11-12-28(35(3,32)33)21-14-20-19(13-18(21)15-5-6-15)23(24(31)26-2)29(27-20)17-9-7-16(25)8-10-17/h7-10,13-15H,4-6,11-12H2,1-3H3,(H,26,31). The van der Waals surface area contributed by atoms with Gasteiger partial charge in [0.2, 0.25) is 10.0 Å². The first kappa shape index (κ1) is 25.2. The van der Waals surface area contributed by atoms with Gasteiger partial charge in [-0.15, -0.1) is 0 Å². The number of hydrogen-bond acceptors (Lipinski definition) is 6. The summed E-state index contributed by atoms with van der Waals surface area (Å²) in [4.78, 5) is 24.9. The van der Waals surface area contributed by atoms with Crippen LogP contribution in [-0.4, -0.2) is 56.5 Å². The molecule has 11 heteroatoms. The molecule has 35 heavy (non-hydrogen) atoms. The summed E-state index contributed by atoms with van der Waals surface area (Å²) >= 11 is 3.42. The minimum absolute atomic E-state index is 0.0430. The van der Waals surface area contributed by atoms with Crippen molar-refractivity contribution >= 4 is 54.4 Å². The zero-order valence-corrected chi connectivity index (χ0v) is 22.1. The number of hydrogen-bond donors (Lipinski definition) is 1. The lowest BCUT2D eigenvalue weighted by Gasteiger charge is -2.25. The number of carbonyl (C=O) groups is 2. The van der Waals surface area contributed by atoms with Crippen molar-refractivity contribution in [3.8, 4) is 5.69 Å². The molecule has 1 aliphatic carbocycles. The highest BCUT2D eigenvalue weighted by atomic mass is 79.9. The minimum atomic E-state index is -3.70. The smallest absolute Gasteiger partial charge is 0.307 e. The van der Waals surface area contributed by atoms with Gasteiger partial charge in [-0.05, 0) is 67.6 Å². The number of carbonyl (C=O) groups excluding carboxylic acids is 2. The summed E-state index contributed by atoms with van der Waals surface area (Å²) in [5, 5.41) is 8.00. The summed E-state index contributed by atoms with van der Waals surface area (Å²) in [7, 11) is -2.14. The van der Waals surface area contributed by atoms with Crippen LogP contribution in [0.5, 0.6) is 0 Å². The Hall–Kier alpha value is -2.92. The highest BCUT2D eigenvalue weighted by Gasteiger charge is 2.32. The fourth-order valence-electron chi connectivity index (χ4n) is 4.07. The van der Waals surface area contributed by atoms with Crippen LogP contribution in [0.1, 0.15) is 48.2 Å². The van der Waals surface area contributed by atoms with Crippen molar-refractivity contribution in [1.29, 1.82) is 0 Å². The molecule has 1 heterocycles. The fraction of sp³-hybridized carbons (Fsp3) is 0.375. The van der Waals surface area contributed by atoms with Crippen molar-refractivity contribution in [2.75, 3.05) is 30.8 Å². The molecule has 9 nitrogen and oxygen atoms in total. The van der Waals surface area contributed by atoms with E-state index >= 15 is 0 Å². The number of aromatic nitrogens is 2. The van der Waals surface area contributed by atoms with Crippen LogP contribution in [0, 0.1) is 0 Å². The van der Waals surface area contributed by atoms with Gasteiger partial charge in [-0.25, -0.2) is 13.1 Å². The van der Waals surface area contributed by atoms with E-state index in [1.807, 2.05) is 30.3 Å². The lowest BCUT2D eigenvalue weighted by molar-refractivity contribution is -0.142. The molecule has 1 aromatic heterocycles. The maximum Gasteiger partial charge on any atom is 0.307 e. The number of rotatable bonds is 9. The highest BCUT2D eigenvalue weighted by molar-refractivity contribution is 9.10. The Labute approximate surface area is 212 Å². The lowest BCUT2D eigenvalue weighted by atomic mass is 10.0. The molecule has 186 valence electrons. The molecule has 0 radical (unpaired) electrons. The van der Waals surface area contributed by atoms with Crippen molar-refractivity contribution in [2.24, 2.45) is 0 Å². The summed E-state index contributed by atoms with van der Waals surface area (Å²) in [6.07, 6.45) is 2.89. The first-order chi connectivity index (χ1) is 16.6. The molecule has 0 aliphatic heterocycles. The third-order valence-corrected chi connectivity index (χ3v) is 7.55. The first-order valence-electron chi connectivity index (χ1n) is 11.3. The van der Waals surface area contributed by atoms with Crippen molar-refractivity contribution in [3.63, 3.8) is 0 Å². The van der Waals surface area contributed by atoms with Gasteiger partial charge in [0.1, 0.15) is 5.69 Å². The number of nitrogens with zero attached hydrogens (tertiary/aromatic N) is 3. The summed E-state index contributed by atoms with van der Waals surface area (Å²) < 4.78 is 34.3. The molecular weight excluding hydrogens is 536 g/mol. The van der Waals surface area contributed by atoms with Crippen LogP contribution in [0.25, 0.3) is 16.6 Å². The molecule has 3 aromatic rings. The average Bonchev–Trinajstić information content (AvgIpc) is 3.58. The van der Waals surface area contributed by atoms with Crippen molar-refractivity contribution < 1.29 is 22.7 Å². The Morgan fingerprint density at radius 2 is 1.91 bits per heavy atom. The maximum atomic E-state index is 12.9. The van der Waals surface area contributed by atoms with Crippen molar-refractivity contribution in [3.05, 3.63) is 52.1 Å². The molecule has 0 saturated heterocycles. The van der Waals surface area contributed by atoms with Crippen LogP contribution < -0.4 is 9.62 Å². The molecule has 1 fully saturated rings. The van der Waals surface area contributed by atoms with E-state index < -0.39 is 16.0 Å². The molecule has 1 amide bonds. The maximum absolute atomic E-state index is 12.9. The predicted molar refractivity (Wildman–Crippen MR) is 138 cm³/mol. The molecule has 0 atom stereocenters. The average molecular weight is 563 g/mol. The Bertz CT molecular complexity index is 1380. The SMILES string of the molecule is CCOC(=O)CCN(c1cc2nn(-c3ccc(Br)cc3)c(C(=O)NC)c2cc1C1CC1)S(C)(=O)=O. The Kier molecular flexibility index (Phi) is 7.18. The van der Waals surface area contributed by atoms with E-state index in [9.17, 15) is 18.0 Å². The number of ether oxygens (including phenoxy) is 1. The van der Waals surface area contributed by atoms with E-state index in [1.54, 1.807) is 24.7 Å². The molecule has 0 bridgehead atoms. The van der Waals surface area contributed by atoms with Crippen LogP contribution in [0.4, 0.5) is 5.69 Å². The monoisotopic (exact) mass is 562 g/mol. The van der Waals surface area contributed by atoms with Crippen LogP contribution in [0.2, 0.25) is 0 Å². The summed E-state index contributed by atoms with van der Waals surface area (Å²) in [6, 6.07) is 11.0. The first-order valence-corrected chi connectivity index (χ1v) is 14.0. The fourth-order valence-corrected chi connectivity index (χ4v) is 5.28. The molecule has 0 spiro atoms. The normalized spacial score (nSPS) is 13.6. The van der Waals surface area contributed by atoms with Gasteiger partial charge < -0.3 is 10.1 Å². The van der Waals surface area contributed by atoms with E-state index in [-0.39, 0.29) is 31.4 Å². The number of benzene rings is 2. The zero-order chi connectivity index (χ0) is 25.3. The van der Waals surface area contributed by atoms with Crippen LogP contribution in [0.3, 0.4) is 0 Å². The molecule has 4 rings (SSSR count). The van der Waals surface area contributed by atoms with Crippen LogP contribution >= 0.6 is 15.9 Å². The van der Waals surface area contributed by atoms with Crippen LogP contribution in [-0.2, 0) is 19.6 Å². The molecule has 1 N–H and O–H groups in total.